The van der Waals surface area contributed by atoms with Gasteiger partial charge >= 0.3 is 5.97 Å². The summed E-state index contributed by atoms with van der Waals surface area (Å²) in [5, 5.41) is 10.9. The molecule has 1 N–H and O–H groups in total. The van der Waals surface area contributed by atoms with Crippen LogP contribution in [0.4, 0.5) is 0 Å². The molecule has 1 unspecified atom stereocenters. The molecule has 1 saturated heterocycles. The van der Waals surface area contributed by atoms with Crippen molar-refractivity contribution in [3.8, 4) is 11.5 Å². The maximum absolute atomic E-state index is 12.9. The smallest absolute Gasteiger partial charge is 0.317 e. The number of methoxy groups -OCH3 is 3. The van der Waals surface area contributed by atoms with Gasteiger partial charge in [0, 0.05) is 6.54 Å². The van der Waals surface area contributed by atoms with E-state index in [0.29, 0.717) is 37.3 Å². The lowest BCUT2D eigenvalue weighted by atomic mass is 9.67. The van der Waals surface area contributed by atoms with E-state index in [-0.39, 0.29) is 5.91 Å². The number of carbonyl (C=O) groups is 2. The van der Waals surface area contributed by atoms with E-state index < -0.39 is 23.5 Å². The Balaban J connectivity index is 1.79. The van der Waals surface area contributed by atoms with Crippen LogP contribution in [0.2, 0.25) is 0 Å². The van der Waals surface area contributed by atoms with Gasteiger partial charge in [0.1, 0.15) is 11.6 Å². The summed E-state index contributed by atoms with van der Waals surface area (Å²) in [5.74, 6) is 0.103. The fourth-order valence-electron chi connectivity index (χ4n) is 4.51. The Bertz CT molecular complexity index is 720. The van der Waals surface area contributed by atoms with Crippen LogP contribution in [0.5, 0.6) is 11.5 Å². The highest BCUT2D eigenvalue weighted by Crippen LogP contribution is 2.51. The Morgan fingerprint density at radius 3 is 2.63 bits per heavy atom. The minimum Gasteiger partial charge on any atom is -0.493 e. The number of aliphatic hydroxyl groups is 1. The van der Waals surface area contributed by atoms with Crippen molar-refractivity contribution in [2.24, 2.45) is 11.3 Å². The van der Waals surface area contributed by atoms with Crippen molar-refractivity contribution in [3.05, 3.63) is 23.8 Å². The molecule has 2 aliphatic rings. The van der Waals surface area contributed by atoms with Crippen molar-refractivity contribution < 1.29 is 28.9 Å². The number of carbonyl (C=O) groups excluding carboxylic acids is 2. The first-order valence-electron chi connectivity index (χ1n) is 9.27. The molecule has 0 aromatic heterocycles. The van der Waals surface area contributed by atoms with Crippen LogP contribution in [0.15, 0.2) is 18.2 Å². The van der Waals surface area contributed by atoms with Gasteiger partial charge in [-0.25, -0.2) is 0 Å². The number of nitrogens with zero attached hydrogens (tertiary/aromatic N) is 1. The predicted octanol–water partition coefficient (Wildman–Crippen LogP) is 1.76. The summed E-state index contributed by atoms with van der Waals surface area (Å²) < 4.78 is 15.5. The molecule has 1 amide bonds. The molecule has 7 nitrogen and oxygen atoms in total. The van der Waals surface area contributed by atoms with Gasteiger partial charge in [-0.05, 0) is 37.0 Å². The first-order chi connectivity index (χ1) is 13.0. The molecule has 7 heteroatoms. The van der Waals surface area contributed by atoms with Crippen molar-refractivity contribution >= 4 is 11.9 Å². The first kappa shape index (κ1) is 19.5. The standard InChI is InChI=1S/C20H27NO6/c1-25-15-8-7-13(12-16(15)26-2)9-11-21-17(22)14-6-4-5-10-20(14,18(21)23)19(24)27-3/h7-8,12,14,18,23H,4-6,9-11H2,1-3H3/t14-,18?,20+/m1/s1. The summed E-state index contributed by atoms with van der Waals surface area (Å²) in [6, 6.07) is 5.57. The van der Waals surface area contributed by atoms with Crippen LogP contribution in [-0.4, -0.2) is 56.0 Å². The molecular formula is C20H27NO6. The summed E-state index contributed by atoms with van der Waals surface area (Å²) in [6.07, 6.45) is 2.16. The Kier molecular flexibility index (Phi) is 5.60. The van der Waals surface area contributed by atoms with Gasteiger partial charge in [0.2, 0.25) is 5.91 Å². The van der Waals surface area contributed by atoms with E-state index in [4.69, 9.17) is 14.2 Å². The van der Waals surface area contributed by atoms with Gasteiger partial charge in [-0.2, -0.15) is 0 Å². The Morgan fingerprint density at radius 1 is 1.22 bits per heavy atom. The minimum atomic E-state index is -1.15. The predicted molar refractivity (Wildman–Crippen MR) is 97.4 cm³/mol. The SMILES string of the molecule is COC(=O)[C@@]12CCCC[C@@H]1C(=O)N(CCc1ccc(OC)c(OC)c1)C2O. The van der Waals surface area contributed by atoms with E-state index in [1.54, 1.807) is 14.2 Å². The number of rotatable bonds is 6. The summed E-state index contributed by atoms with van der Waals surface area (Å²) in [5.41, 5.74) is -0.184. The number of hydrogen-bond donors (Lipinski definition) is 1. The largest absolute Gasteiger partial charge is 0.493 e. The molecule has 1 saturated carbocycles. The fourth-order valence-corrected chi connectivity index (χ4v) is 4.51. The molecule has 27 heavy (non-hydrogen) atoms. The topological polar surface area (TPSA) is 85.3 Å². The summed E-state index contributed by atoms with van der Waals surface area (Å²) in [4.78, 5) is 26.9. The van der Waals surface area contributed by atoms with Gasteiger partial charge < -0.3 is 24.2 Å². The van der Waals surface area contributed by atoms with Crippen molar-refractivity contribution in [1.29, 1.82) is 0 Å². The number of ether oxygens (including phenoxy) is 3. The molecule has 0 radical (unpaired) electrons. The number of amides is 1. The van der Waals surface area contributed by atoms with Gasteiger partial charge in [-0.1, -0.05) is 18.9 Å². The second-order valence-electron chi connectivity index (χ2n) is 7.17. The maximum atomic E-state index is 12.9. The van der Waals surface area contributed by atoms with E-state index in [9.17, 15) is 14.7 Å². The highest BCUT2D eigenvalue weighted by molar-refractivity contribution is 5.92. The highest BCUT2D eigenvalue weighted by atomic mass is 16.5. The summed E-state index contributed by atoms with van der Waals surface area (Å²) in [7, 11) is 4.46. The molecule has 0 spiro atoms. The molecule has 1 aromatic rings. The average molecular weight is 377 g/mol. The molecule has 1 aliphatic heterocycles. The number of likely N-dealkylation sites (tertiary alicyclic amines) is 1. The minimum absolute atomic E-state index is 0.159. The molecule has 148 valence electrons. The number of esters is 1. The third-order valence-corrected chi connectivity index (χ3v) is 5.95. The molecule has 2 fully saturated rings. The lowest BCUT2D eigenvalue weighted by molar-refractivity contribution is -0.169. The van der Waals surface area contributed by atoms with Crippen LogP contribution >= 0.6 is 0 Å². The van der Waals surface area contributed by atoms with E-state index >= 15 is 0 Å². The third-order valence-electron chi connectivity index (χ3n) is 5.95. The molecular weight excluding hydrogens is 350 g/mol. The Labute approximate surface area is 159 Å². The first-order valence-corrected chi connectivity index (χ1v) is 9.27. The quantitative estimate of drug-likeness (QED) is 0.761. The number of benzene rings is 1. The highest BCUT2D eigenvalue weighted by Gasteiger charge is 2.64. The summed E-state index contributed by atoms with van der Waals surface area (Å²) >= 11 is 0. The van der Waals surface area contributed by atoms with Crippen molar-refractivity contribution in [1.82, 2.24) is 4.90 Å². The van der Waals surface area contributed by atoms with Crippen LogP contribution in [0.25, 0.3) is 0 Å². The van der Waals surface area contributed by atoms with E-state index in [1.807, 2.05) is 18.2 Å². The van der Waals surface area contributed by atoms with E-state index in [1.165, 1.54) is 12.0 Å². The van der Waals surface area contributed by atoms with Gasteiger partial charge in [-0.3, -0.25) is 9.59 Å². The fraction of sp³-hybridized carbons (Fsp3) is 0.600. The second kappa shape index (κ2) is 7.76. The molecule has 1 aliphatic carbocycles. The van der Waals surface area contributed by atoms with Gasteiger partial charge in [0.25, 0.3) is 0 Å². The van der Waals surface area contributed by atoms with Crippen LogP contribution in [-0.2, 0) is 20.7 Å². The number of fused-ring (bicyclic) bond motifs is 1. The molecule has 1 heterocycles. The van der Waals surface area contributed by atoms with Gasteiger partial charge in [-0.15, -0.1) is 0 Å². The van der Waals surface area contributed by atoms with E-state index in [2.05, 4.69) is 0 Å². The van der Waals surface area contributed by atoms with Crippen molar-refractivity contribution in [3.63, 3.8) is 0 Å². The zero-order valence-electron chi connectivity index (χ0n) is 16.1. The van der Waals surface area contributed by atoms with Crippen molar-refractivity contribution in [2.45, 2.75) is 38.3 Å². The monoisotopic (exact) mass is 377 g/mol. The maximum Gasteiger partial charge on any atom is 0.317 e. The van der Waals surface area contributed by atoms with E-state index in [0.717, 1.165) is 18.4 Å². The lowest BCUT2D eigenvalue weighted by Gasteiger charge is -2.37. The zero-order valence-corrected chi connectivity index (χ0v) is 16.1. The molecule has 1 aromatic carbocycles. The zero-order chi connectivity index (χ0) is 19.6. The molecule has 3 atom stereocenters. The van der Waals surface area contributed by atoms with Crippen LogP contribution in [0.1, 0.15) is 31.2 Å². The number of hydrogen-bond acceptors (Lipinski definition) is 6. The number of aliphatic hydroxyl groups excluding tert-OH is 1. The summed E-state index contributed by atoms with van der Waals surface area (Å²) in [6.45, 7) is 0.324. The van der Waals surface area contributed by atoms with Crippen LogP contribution in [0, 0.1) is 11.3 Å². The lowest BCUT2D eigenvalue weighted by Crippen LogP contribution is -2.49. The van der Waals surface area contributed by atoms with Gasteiger partial charge in [0.15, 0.2) is 11.5 Å². The third kappa shape index (κ3) is 3.14. The van der Waals surface area contributed by atoms with Gasteiger partial charge in [0.05, 0.1) is 27.2 Å². The second-order valence-corrected chi connectivity index (χ2v) is 7.17. The normalized spacial score (nSPS) is 27.3. The van der Waals surface area contributed by atoms with Crippen LogP contribution in [0.3, 0.4) is 0 Å². The Hall–Kier alpha value is -2.28. The van der Waals surface area contributed by atoms with Crippen LogP contribution < -0.4 is 9.47 Å². The van der Waals surface area contributed by atoms with Crippen molar-refractivity contribution in [2.75, 3.05) is 27.9 Å². The average Bonchev–Trinajstić information content (AvgIpc) is 2.93. The molecule has 0 bridgehead atoms. The Morgan fingerprint density at radius 2 is 1.96 bits per heavy atom. The molecule has 3 rings (SSSR count).